The lowest BCUT2D eigenvalue weighted by Gasteiger charge is -2.08. The maximum Gasteiger partial charge on any atom is 0.269 e. The summed E-state index contributed by atoms with van der Waals surface area (Å²) in [5.74, 6) is -0.147. The molecule has 3 rings (SSSR count). The lowest BCUT2D eigenvalue weighted by molar-refractivity contribution is -0.384. The van der Waals surface area contributed by atoms with E-state index in [1.165, 1.54) is 30.5 Å². The van der Waals surface area contributed by atoms with Gasteiger partial charge in [0.05, 0.1) is 10.6 Å². The van der Waals surface area contributed by atoms with Gasteiger partial charge in [0.1, 0.15) is 5.57 Å². The van der Waals surface area contributed by atoms with E-state index in [-0.39, 0.29) is 17.0 Å². The number of nitrogens with one attached hydrogen (secondary N) is 2. The van der Waals surface area contributed by atoms with Gasteiger partial charge in [-0.3, -0.25) is 14.9 Å². The van der Waals surface area contributed by atoms with E-state index in [0.717, 1.165) is 0 Å². The molecule has 0 aliphatic carbocycles. The predicted octanol–water partition coefficient (Wildman–Crippen LogP) is 4.64. The fraction of sp³-hybridized carbons (Fsp3) is 0.0526. The molecule has 9 heteroatoms. The first-order valence-electron chi connectivity index (χ1n) is 8.14. The maximum absolute atomic E-state index is 12.7. The Kier molecular flexibility index (Phi) is 5.71. The van der Waals surface area contributed by atoms with Crippen LogP contribution in [0, 0.1) is 17.0 Å². The third-order valence-corrected chi connectivity index (χ3v) is 3.95. The number of nitro groups is 1. The molecule has 2 N–H and O–H groups in total. The van der Waals surface area contributed by atoms with E-state index in [4.69, 9.17) is 16.1 Å². The molecular formula is C19H15ClN4O4. The normalized spacial score (nSPS) is 11.1. The summed E-state index contributed by atoms with van der Waals surface area (Å²) in [5.41, 5.74) is 1.93. The molecule has 1 amide bonds. The number of halogens is 1. The Hall–Kier alpha value is -3.65. The number of carbonyl (C=O) groups excluding carboxylic acids is 1. The molecule has 0 saturated heterocycles. The van der Waals surface area contributed by atoms with E-state index < -0.39 is 10.8 Å². The van der Waals surface area contributed by atoms with Gasteiger partial charge in [0, 0.05) is 40.8 Å². The van der Waals surface area contributed by atoms with E-state index in [1.54, 1.807) is 37.3 Å². The van der Waals surface area contributed by atoms with E-state index in [9.17, 15) is 14.9 Å². The summed E-state index contributed by atoms with van der Waals surface area (Å²) in [7, 11) is 0. The topological polar surface area (TPSA) is 110 Å². The first-order valence-corrected chi connectivity index (χ1v) is 8.52. The summed E-state index contributed by atoms with van der Waals surface area (Å²) >= 11 is 5.86. The number of aryl methyl sites for hydroxylation is 1. The molecule has 1 aromatic heterocycles. The van der Waals surface area contributed by atoms with Crippen LogP contribution in [0.5, 0.6) is 0 Å². The van der Waals surface area contributed by atoms with Crippen LogP contribution in [0.2, 0.25) is 5.02 Å². The van der Waals surface area contributed by atoms with Gasteiger partial charge in [-0.25, -0.2) is 0 Å². The summed E-state index contributed by atoms with van der Waals surface area (Å²) in [6.45, 7) is 1.74. The average Bonchev–Trinajstić information content (AvgIpc) is 3.10. The van der Waals surface area contributed by atoms with Crippen LogP contribution in [0.4, 0.5) is 17.1 Å². The molecule has 0 radical (unpaired) electrons. The van der Waals surface area contributed by atoms with Crippen LogP contribution in [-0.2, 0) is 4.79 Å². The second-order valence-electron chi connectivity index (χ2n) is 5.80. The summed E-state index contributed by atoms with van der Waals surface area (Å²) in [4.78, 5) is 23.0. The molecule has 0 fully saturated rings. The highest BCUT2D eigenvalue weighted by molar-refractivity contribution is 6.30. The van der Waals surface area contributed by atoms with Gasteiger partial charge in [0.15, 0.2) is 5.76 Å². The molecule has 142 valence electrons. The van der Waals surface area contributed by atoms with Crippen molar-refractivity contribution in [1.29, 1.82) is 0 Å². The average molecular weight is 399 g/mol. The zero-order valence-corrected chi connectivity index (χ0v) is 15.4. The van der Waals surface area contributed by atoms with Crippen molar-refractivity contribution in [2.24, 2.45) is 0 Å². The summed E-state index contributed by atoms with van der Waals surface area (Å²) in [5, 5.41) is 20.8. The van der Waals surface area contributed by atoms with Gasteiger partial charge in [-0.15, -0.1) is 0 Å². The van der Waals surface area contributed by atoms with Gasteiger partial charge in [0.2, 0.25) is 0 Å². The number of rotatable bonds is 6. The largest absolute Gasteiger partial charge is 0.361 e. The monoisotopic (exact) mass is 398 g/mol. The molecule has 1 heterocycles. The van der Waals surface area contributed by atoms with Crippen molar-refractivity contribution in [3.63, 3.8) is 0 Å². The Balaban J connectivity index is 1.83. The Morgan fingerprint density at radius 3 is 2.36 bits per heavy atom. The van der Waals surface area contributed by atoms with E-state index >= 15 is 0 Å². The second kappa shape index (κ2) is 8.36. The smallest absolute Gasteiger partial charge is 0.269 e. The van der Waals surface area contributed by atoms with Gasteiger partial charge < -0.3 is 15.2 Å². The third kappa shape index (κ3) is 4.74. The van der Waals surface area contributed by atoms with Crippen molar-refractivity contribution in [3.8, 4) is 0 Å². The van der Waals surface area contributed by atoms with Crippen molar-refractivity contribution in [2.75, 3.05) is 10.6 Å². The van der Waals surface area contributed by atoms with Crippen LogP contribution in [0.15, 0.2) is 65.3 Å². The Morgan fingerprint density at radius 2 is 1.79 bits per heavy atom. The van der Waals surface area contributed by atoms with Gasteiger partial charge in [-0.2, -0.15) is 0 Å². The van der Waals surface area contributed by atoms with Gasteiger partial charge in [-0.05, 0) is 43.3 Å². The summed E-state index contributed by atoms with van der Waals surface area (Å²) in [6, 6.07) is 14.1. The van der Waals surface area contributed by atoms with Crippen molar-refractivity contribution < 1.29 is 14.2 Å². The van der Waals surface area contributed by atoms with Gasteiger partial charge in [0.25, 0.3) is 11.6 Å². The summed E-state index contributed by atoms with van der Waals surface area (Å²) in [6.07, 6.45) is 1.45. The zero-order valence-electron chi connectivity index (χ0n) is 14.7. The first kappa shape index (κ1) is 19.1. The molecule has 0 bridgehead atoms. The molecular weight excluding hydrogens is 384 g/mol. The van der Waals surface area contributed by atoms with Crippen LogP contribution in [0.25, 0.3) is 5.57 Å². The minimum atomic E-state index is -0.484. The van der Waals surface area contributed by atoms with Crippen LogP contribution in [-0.4, -0.2) is 16.0 Å². The van der Waals surface area contributed by atoms with E-state index in [2.05, 4.69) is 15.8 Å². The van der Waals surface area contributed by atoms with Crippen LogP contribution in [0.1, 0.15) is 11.5 Å². The van der Waals surface area contributed by atoms with Crippen molar-refractivity contribution >= 4 is 40.1 Å². The molecule has 0 aliphatic heterocycles. The van der Waals surface area contributed by atoms with Crippen molar-refractivity contribution in [3.05, 3.63) is 87.4 Å². The number of anilines is 2. The molecule has 0 saturated carbocycles. The Bertz CT molecular complexity index is 1030. The number of benzene rings is 2. The highest BCUT2D eigenvalue weighted by Crippen LogP contribution is 2.21. The second-order valence-corrected chi connectivity index (χ2v) is 6.24. The lowest BCUT2D eigenvalue weighted by atomic mass is 10.2. The minimum absolute atomic E-state index is 0.0268. The number of hydrogen-bond acceptors (Lipinski definition) is 6. The fourth-order valence-corrected chi connectivity index (χ4v) is 2.43. The standard InChI is InChI=1S/C19H15ClN4O4/c1-12-10-18(28-23-12)17(19(25)22-15-4-2-13(20)3-5-15)11-21-14-6-8-16(9-7-14)24(26)27/h2-11,21H,1H3,(H,22,25). The van der Waals surface area contributed by atoms with Gasteiger partial charge in [-0.1, -0.05) is 16.8 Å². The first-order chi connectivity index (χ1) is 13.4. The summed E-state index contributed by atoms with van der Waals surface area (Å²) < 4.78 is 5.21. The van der Waals surface area contributed by atoms with Gasteiger partial charge >= 0.3 is 0 Å². The van der Waals surface area contributed by atoms with Crippen molar-refractivity contribution in [2.45, 2.75) is 6.92 Å². The third-order valence-electron chi connectivity index (χ3n) is 3.70. The molecule has 0 aliphatic rings. The number of amides is 1. The maximum atomic E-state index is 12.7. The number of aromatic nitrogens is 1. The highest BCUT2D eigenvalue weighted by atomic mass is 35.5. The Labute approximate surface area is 164 Å². The Morgan fingerprint density at radius 1 is 1.14 bits per heavy atom. The predicted molar refractivity (Wildman–Crippen MR) is 106 cm³/mol. The number of carbonyl (C=O) groups is 1. The van der Waals surface area contributed by atoms with E-state index in [1.807, 2.05) is 0 Å². The SMILES string of the molecule is Cc1cc(C(=CNc2ccc([N+](=O)[O-])cc2)C(=O)Nc2ccc(Cl)cc2)on1. The molecule has 0 unspecified atom stereocenters. The van der Waals surface area contributed by atoms with Crippen LogP contribution in [0.3, 0.4) is 0 Å². The number of hydrogen-bond donors (Lipinski definition) is 2. The number of nitro benzene ring substituents is 1. The number of non-ortho nitro benzene ring substituents is 1. The molecule has 8 nitrogen and oxygen atoms in total. The lowest BCUT2D eigenvalue weighted by Crippen LogP contribution is -2.14. The molecule has 0 atom stereocenters. The number of nitrogens with zero attached hydrogens (tertiary/aromatic N) is 2. The zero-order chi connectivity index (χ0) is 20.1. The van der Waals surface area contributed by atoms with E-state index in [0.29, 0.717) is 22.1 Å². The van der Waals surface area contributed by atoms with Crippen molar-refractivity contribution in [1.82, 2.24) is 5.16 Å². The minimum Gasteiger partial charge on any atom is -0.361 e. The molecule has 0 spiro atoms. The quantitative estimate of drug-likeness (QED) is 0.355. The molecule has 2 aromatic carbocycles. The van der Waals surface area contributed by atoms with Crippen LogP contribution >= 0.6 is 11.6 Å². The van der Waals surface area contributed by atoms with Crippen LogP contribution < -0.4 is 10.6 Å². The highest BCUT2D eigenvalue weighted by Gasteiger charge is 2.17. The molecule has 28 heavy (non-hydrogen) atoms. The fourth-order valence-electron chi connectivity index (χ4n) is 2.31. The molecule has 3 aromatic rings.